The molecule has 0 amide bonds. The lowest BCUT2D eigenvalue weighted by Gasteiger charge is -2.07. The van der Waals surface area contributed by atoms with Gasteiger partial charge in [-0.2, -0.15) is 0 Å². The van der Waals surface area contributed by atoms with Crippen LogP contribution in [0.3, 0.4) is 0 Å². The van der Waals surface area contributed by atoms with Crippen LogP contribution in [-0.4, -0.2) is 15.1 Å². The number of nitrogens with zero attached hydrogens (tertiary/aromatic N) is 3. The van der Waals surface area contributed by atoms with E-state index in [9.17, 15) is 10.1 Å². The molecule has 0 bridgehead atoms. The fourth-order valence-electron chi connectivity index (χ4n) is 2.42. The van der Waals surface area contributed by atoms with E-state index in [4.69, 9.17) is 0 Å². The molecule has 0 N–H and O–H groups in total. The molecule has 3 aromatic rings. The number of thioether (sulfide) groups is 1. The van der Waals surface area contributed by atoms with Gasteiger partial charge in [-0.3, -0.25) is 10.1 Å². The highest BCUT2D eigenvalue weighted by atomic mass is 32.2. The van der Waals surface area contributed by atoms with Crippen LogP contribution in [0.25, 0.3) is 11.3 Å². The number of rotatable bonds is 5. The Morgan fingerprint density at radius 1 is 1.00 bits per heavy atom. The van der Waals surface area contributed by atoms with E-state index in [-0.39, 0.29) is 5.69 Å². The standard InChI is InChI=1S/C19H17N3O2S/c1-13-3-4-14(2)17(11-13)18-9-10-19(21-20-18)25-12-15-5-7-16(8-6-15)22(23)24/h3-11H,12H2,1-2H3. The maximum Gasteiger partial charge on any atom is 0.269 e. The fourth-order valence-corrected chi connectivity index (χ4v) is 3.19. The first kappa shape index (κ1) is 17.1. The second-order valence-electron chi connectivity index (χ2n) is 5.79. The first-order valence-corrected chi connectivity index (χ1v) is 8.79. The van der Waals surface area contributed by atoms with E-state index in [0.717, 1.165) is 21.8 Å². The number of aryl methyl sites for hydroxylation is 2. The first-order valence-electron chi connectivity index (χ1n) is 7.80. The molecule has 0 aliphatic heterocycles. The Labute approximate surface area is 150 Å². The van der Waals surface area contributed by atoms with Gasteiger partial charge in [0.05, 0.1) is 10.6 Å². The summed E-state index contributed by atoms with van der Waals surface area (Å²) in [5.41, 5.74) is 5.44. The van der Waals surface area contributed by atoms with E-state index in [1.54, 1.807) is 23.9 Å². The zero-order chi connectivity index (χ0) is 17.8. The van der Waals surface area contributed by atoms with E-state index in [1.807, 2.05) is 12.1 Å². The average molecular weight is 351 g/mol. The van der Waals surface area contributed by atoms with Crippen LogP contribution in [0.5, 0.6) is 0 Å². The van der Waals surface area contributed by atoms with Gasteiger partial charge in [-0.05, 0) is 43.2 Å². The quantitative estimate of drug-likeness (QED) is 0.369. The van der Waals surface area contributed by atoms with Gasteiger partial charge in [0, 0.05) is 23.4 Å². The van der Waals surface area contributed by atoms with Gasteiger partial charge >= 0.3 is 0 Å². The van der Waals surface area contributed by atoms with Crippen LogP contribution >= 0.6 is 11.8 Å². The van der Waals surface area contributed by atoms with Crippen molar-refractivity contribution in [3.05, 3.63) is 81.4 Å². The third-order valence-electron chi connectivity index (χ3n) is 3.84. The number of hydrogen-bond donors (Lipinski definition) is 0. The Morgan fingerprint density at radius 3 is 2.40 bits per heavy atom. The molecule has 0 saturated carbocycles. The molecule has 0 unspecified atom stereocenters. The summed E-state index contributed by atoms with van der Waals surface area (Å²) in [4.78, 5) is 10.3. The number of aromatic nitrogens is 2. The molecule has 0 saturated heterocycles. The van der Waals surface area contributed by atoms with Gasteiger partial charge in [0.2, 0.25) is 0 Å². The van der Waals surface area contributed by atoms with Gasteiger partial charge in [0.15, 0.2) is 0 Å². The van der Waals surface area contributed by atoms with Crippen molar-refractivity contribution >= 4 is 17.4 Å². The smallest absolute Gasteiger partial charge is 0.258 e. The van der Waals surface area contributed by atoms with Crippen LogP contribution in [0.15, 0.2) is 59.6 Å². The zero-order valence-corrected chi connectivity index (χ0v) is 14.8. The van der Waals surface area contributed by atoms with Gasteiger partial charge in [-0.1, -0.05) is 41.6 Å². The van der Waals surface area contributed by atoms with Crippen molar-refractivity contribution in [2.75, 3.05) is 0 Å². The molecule has 1 heterocycles. The topological polar surface area (TPSA) is 68.9 Å². The summed E-state index contributed by atoms with van der Waals surface area (Å²) < 4.78 is 0. The van der Waals surface area contributed by atoms with Crippen LogP contribution in [0.4, 0.5) is 5.69 Å². The highest BCUT2D eigenvalue weighted by molar-refractivity contribution is 7.98. The lowest BCUT2D eigenvalue weighted by Crippen LogP contribution is -1.93. The Kier molecular flexibility index (Phi) is 5.09. The summed E-state index contributed by atoms with van der Waals surface area (Å²) in [5.74, 6) is 0.690. The molecule has 0 atom stereocenters. The molecule has 25 heavy (non-hydrogen) atoms. The van der Waals surface area contributed by atoms with E-state index in [0.29, 0.717) is 5.75 Å². The number of nitro benzene ring substituents is 1. The second-order valence-corrected chi connectivity index (χ2v) is 6.78. The summed E-state index contributed by atoms with van der Waals surface area (Å²) in [6, 6.07) is 16.8. The minimum Gasteiger partial charge on any atom is -0.258 e. The number of benzene rings is 2. The number of non-ortho nitro benzene ring substituents is 1. The third-order valence-corrected chi connectivity index (χ3v) is 4.83. The second kappa shape index (κ2) is 7.44. The monoisotopic (exact) mass is 351 g/mol. The molecule has 0 fully saturated rings. The zero-order valence-electron chi connectivity index (χ0n) is 14.0. The maximum atomic E-state index is 10.7. The minimum atomic E-state index is -0.394. The Hall–Kier alpha value is -2.73. The van der Waals surface area contributed by atoms with Gasteiger partial charge in [-0.25, -0.2) is 0 Å². The molecule has 5 nitrogen and oxygen atoms in total. The number of hydrogen-bond acceptors (Lipinski definition) is 5. The lowest BCUT2D eigenvalue weighted by molar-refractivity contribution is -0.384. The van der Waals surface area contributed by atoms with Crippen LogP contribution < -0.4 is 0 Å². The molecular formula is C19H17N3O2S. The SMILES string of the molecule is Cc1ccc(C)c(-c2ccc(SCc3ccc([N+](=O)[O-])cc3)nn2)c1. The highest BCUT2D eigenvalue weighted by Gasteiger charge is 2.07. The summed E-state index contributed by atoms with van der Waals surface area (Å²) in [6.45, 7) is 4.12. The van der Waals surface area contributed by atoms with Crippen molar-refractivity contribution in [1.82, 2.24) is 10.2 Å². The van der Waals surface area contributed by atoms with Crippen molar-refractivity contribution in [2.24, 2.45) is 0 Å². The van der Waals surface area contributed by atoms with Crippen molar-refractivity contribution in [1.29, 1.82) is 0 Å². The van der Waals surface area contributed by atoms with E-state index in [1.165, 1.54) is 23.3 Å². The summed E-state index contributed by atoms with van der Waals surface area (Å²) in [7, 11) is 0. The van der Waals surface area contributed by atoms with E-state index >= 15 is 0 Å². The summed E-state index contributed by atoms with van der Waals surface area (Å²) >= 11 is 1.56. The van der Waals surface area contributed by atoms with Crippen molar-refractivity contribution < 1.29 is 4.92 Å². The molecule has 0 radical (unpaired) electrons. The van der Waals surface area contributed by atoms with Crippen LogP contribution in [0.1, 0.15) is 16.7 Å². The maximum absolute atomic E-state index is 10.7. The van der Waals surface area contributed by atoms with Crippen LogP contribution in [0, 0.1) is 24.0 Å². The van der Waals surface area contributed by atoms with Gasteiger partial charge < -0.3 is 0 Å². The van der Waals surface area contributed by atoms with Crippen molar-refractivity contribution in [3.63, 3.8) is 0 Å². The molecule has 0 aliphatic rings. The average Bonchev–Trinajstić information content (AvgIpc) is 2.63. The normalized spacial score (nSPS) is 10.6. The fraction of sp³-hybridized carbons (Fsp3) is 0.158. The molecular weight excluding hydrogens is 334 g/mol. The predicted octanol–water partition coefficient (Wildman–Crippen LogP) is 4.96. The number of nitro groups is 1. The van der Waals surface area contributed by atoms with E-state index < -0.39 is 4.92 Å². The first-order chi connectivity index (χ1) is 12.0. The van der Waals surface area contributed by atoms with E-state index in [2.05, 4.69) is 42.2 Å². The Balaban J connectivity index is 1.68. The van der Waals surface area contributed by atoms with Gasteiger partial charge in [-0.15, -0.1) is 10.2 Å². The third kappa shape index (κ3) is 4.22. The minimum absolute atomic E-state index is 0.103. The molecule has 3 rings (SSSR count). The molecule has 0 spiro atoms. The highest BCUT2D eigenvalue weighted by Crippen LogP contribution is 2.25. The van der Waals surface area contributed by atoms with Gasteiger partial charge in [0.1, 0.15) is 5.03 Å². The predicted molar refractivity (Wildman–Crippen MR) is 99.6 cm³/mol. The molecule has 0 aliphatic carbocycles. The van der Waals surface area contributed by atoms with Gasteiger partial charge in [0.25, 0.3) is 5.69 Å². The van der Waals surface area contributed by atoms with Crippen LogP contribution in [0.2, 0.25) is 0 Å². The lowest BCUT2D eigenvalue weighted by atomic mass is 10.0. The van der Waals surface area contributed by atoms with Crippen LogP contribution in [-0.2, 0) is 5.75 Å². The Bertz CT molecular complexity index is 894. The molecule has 126 valence electrons. The Morgan fingerprint density at radius 2 is 1.76 bits per heavy atom. The molecule has 1 aromatic heterocycles. The van der Waals surface area contributed by atoms with Crippen molar-refractivity contribution in [3.8, 4) is 11.3 Å². The molecule has 2 aromatic carbocycles. The largest absolute Gasteiger partial charge is 0.269 e. The van der Waals surface area contributed by atoms with Crippen molar-refractivity contribution in [2.45, 2.75) is 24.6 Å². The summed E-state index contributed by atoms with van der Waals surface area (Å²) in [5, 5.41) is 20.1. The summed E-state index contributed by atoms with van der Waals surface area (Å²) in [6.07, 6.45) is 0. The molecule has 6 heteroatoms.